The molecule has 0 spiro atoms. The van der Waals surface area contributed by atoms with Gasteiger partial charge in [-0.15, -0.1) is 0 Å². The lowest BCUT2D eigenvalue weighted by Crippen LogP contribution is -2.29. The normalized spacial score (nSPS) is 11.7. The van der Waals surface area contributed by atoms with Crippen molar-refractivity contribution in [3.63, 3.8) is 0 Å². The lowest BCUT2D eigenvalue weighted by Gasteiger charge is -2.25. The molecule has 0 amide bonds. The number of fused-ring (bicyclic) bond motifs is 1. The van der Waals surface area contributed by atoms with Crippen LogP contribution in [0.25, 0.3) is 10.9 Å². The van der Waals surface area contributed by atoms with E-state index < -0.39 is 38.9 Å². The van der Waals surface area contributed by atoms with Gasteiger partial charge in [0.2, 0.25) is 10.0 Å². The number of aromatic carboxylic acids is 1. The molecule has 2 N–H and O–H groups in total. The number of nitrogens with zero attached hydrogens (tertiary/aromatic N) is 1. The Morgan fingerprint density at radius 1 is 0.800 bits per heavy atom. The van der Waals surface area contributed by atoms with Crippen LogP contribution in [0, 0.1) is 11.6 Å². The summed E-state index contributed by atoms with van der Waals surface area (Å²) in [5.41, 5.74) is 4.22. The zero-order valence-electron chi connectivity index (χ0n) is 26.7. The van der Waals surface area contributed by atoms with Gasteiger partial charge in [-0.05, 0) is 71.3 Å². The molecule has 50 heavy (non-hydrogen) atoms. The Labute approximate surface area is 293 Å². The number of carboxylic acid groups (broad SMARTS) is 1. The maximum absolute atomic E-state index is 14.3. The molecule has 0 aliphatic rings. The molecule has 0 atom stereocenters. The molecule has 1 aromatic heterocycles. The standard InChI is InChI=1S/C39H33ClF2N2O5S/c40-29-16-19-36-32(24-29)31(21-23-49-30-17-14-28(15-18-30)39(45)46)37(20-22-43-50(47,48)25-33-34(41)12-7-13-35(33)42)44(36)38(26-8-3-1-4-9-26)27-10-5-2-6-11-27/h1-19,24,38,43H,20-23,25H2,(H,45,46). The minimum Gasteiger partial charge on any atom is -0.493 e. The summed E-state index contributed by atoms with van der Waals surface area (Å²) in [7, 11) is -4.13. The van der Waals surface area contributed by atoms with Gasteiger partial charge in [-0.1, -0.05) is 78.3 Å². The molecular weight excluding hydrogens is 682 g/mol. The van der Waals surface area contributed by atoms with Crippen LogP contribution in [-0.2, 0) is 28.6 Å². The first-order chi connectivity index (χ1) is 24.1. The second kappa shape index (κ2) is 15.2. The van der Waals surface area contributed by atoms with Crippen molar-refractivity contribution in [1.82, 2.24) is 9.29 Å². The van der Waals surface area contributed by atoms with Crippen LogP contribution in [0.3, 0.4) is 0 Å². The van der Waals surface area contributed by atoms with Crippen LogP contribution in [0.4, 0.5) is 8.78 Å². The van der Waals surface area contributed by atoms with Crippen molar-refractivity contribution in [2.75, 3.05) is 13.2 Å². The molecule has 0 saturated heterocycles. The highest BCUT2D eigenvalue weighted by Crippen LogP contribution is 2.38. The van der Waals surface area contributed by atoms with Gasteiger partial charge >= 0.3 is 5.97 Å². The summed E-state index contributed by atoms with van der Waals surface area (Å²) >= 11 is 6.56. The number of benzene rings is 5. The molecule has 0 fully saturated rings. The first-order valence-electron chi connectivity index (χ1n) is 15.9. The summed E-state index contributed by atoms with van der Waals surface area (Å²) in [5.74, 6) is -3.24. The number of sulfonamides is 1. The average molecular weight is 715 g/mol. The topological polar surface area (TPSA) is 97.6 Å². The van der Waals surface area contributed by atoms with E-state index in [2.05, 4.69) is 9.29 Å². The van der Waals surface area contributed by atoms with E-state index in [9.17, 15) is 27.1 Å². The van der Waals surface area contributed by atoms with Gasteiger partial charge in [-0.25, -0.2) is 26.7 Å². The monoisotopic (exact) mass is 714 g/mol. The van der Waals surface area contributed by atoms with Crippen LogP contribution in [-0.4, -0.2) is 37.2 Å². The minimum absolute atomic E-state index is 0.0523. The Morgan fingerprint density at radius 2 is 1.42 bits per heavy atom. The third-order valence-electron chi connectivity index (χ3n) is 8.47. The van der Waals surface area contributed by atoms with Crippen molar-refractivity contribution in [2.24, 2.45) is 0 Å². The summed E-state index contributed by atoms with van der Waals surface area (Å²) in [6, 6.07) is 34.6. The first kappa shape index (κ1) is 34.8. The number of hydrogen-bond acceptors (Lipinski definition) is 4. The number of halogens is 3. The SMILES string of the molecule is O=C(O)c1ccc(OCCc2c(CCNS(=O)(=O)Cc3c(F)cccc3F)n(C(c3ccccc3)c3ccccc3)c3ccc(Cl)cc23)cc1. The van der Waals surface area contributed by atoms with Crippen molar-refractivity contribution in [3.05, 3.63) is 171 Å². The number of carbonyl (C=O) groups is 1. The predicted molar refractivity (Wildman–Crippen MR) is 190 cm³/mol. The fourth-order valence-electron chi connectivity index (χ4n) is 6.21. The molecule has 0 radical (unpaired) electrons. The third kappa shape index (κ3) is 7.89. The Balaban J connectivity index is 1.41. The number of rotatable bonds is 14. The van der Waals surface area contributed by atoms with Gasteiger partial charge in [0.1, 0.15) is 17.4 Å². The van der Waals surface area contributed by atoms with Gasteiger partial charge in [-0.3, -0.25) is 0 Å². The van der Waals surface area contributed by atoms with E-state index in [1.807, 2.05) is 78.9 Å². The Morgan fingerprint density at radius 3 is 2.02 bits per heavy atom. The third-order valence-corrected chi connectivity index (χ3v) is 10.0. The van der Waals surface area contributed by atoms with Gasteiger partial charge in [0, 0.05) is 46.6 Å². The maximum Gasteiger partial charge on any atom is 0.335 e. The lowest BCUT2D eigenvalue weighted by atomic mass is 9.97. The van der Waals surface area contributed by atoms with E-state index in [0.717, 1.165) is 45.4 Å². The van der Waals surface area contributed by atoms with Gasteiger partial charge in [0.05, 0.1) is 24.0 Å². The van der Waals surface area contributed by atoms with Gasteiger partial charge in [-0.2, -0.15) is 0 Å². The van der Waals surface area contributed by atoms with E-state index in [0.29, 0.717) is 17.2 Å². The molecule has 11 heteroatoms. The molecular formula is C39H33ClF2N2O5S. The van der Waals surface area contributed by atoms with Gasteiger partial charge < -0.3 is 14.4 Å². The maximum atomic E-state index is 14.3. The number of aromatic nitrogens is 1. The zero-order chi connectivity index (χ0) is 35.3. The van der Waals surface area contributed by atoms with Gasteiger partial charge in [0.25, 0.3) is 0 Å². The van der Waals surface area contributed by atoms with Crippen LogP contribution in [0.2, 0.25) is 5.02 Å². The molecule has 0 bridgehead atoms. The summed E-state index contributed by atoms with van der Waals surface area (Å²) in [4.78, 5) is 11.3. The summed E-state index contributed by atoms with van der Waals surface area (Å²) < 4.78 is 65.7. The molecule has 5 aromatic carbocycles. The second-order valence-electron chi connectivity index (χ2n) is 11.7. The molecule has 0 saturated carbocycles. The van der Waals surface area contributed by atoms with Crippen LogP contribution in [0.15, 0.2) is 121 Å². The van der Waals surface area contributed by atoms with E-state index in [-0.39, 0.29) is 31.2 Å². The molecule has 6 rings (SSSR count). The van der Waals surface area contributed by atoms with E-state index in [1.165, 1.54) is 18.2 Å². The fraction of sp³-hybridized carbons (Fsp3) is 0.154. The lowest BCUT2D eigenvalue weighted by molar-refractivity contribution is 0.0696. The Kier molecular flexibility index (Phi) is 10.6. The highest BCUT2D eigenvalue weighted by atomic mass is 35.5. The zero-order valence-corrected chi connectivity index (χ0v) is 28.3. The molecule has 256 valence electrons. The van der Waals surface area contributed by atoms with E-state index in [4.69, 9.17) is 16.3 Å². The highest BCUT2D eigenvalue weighted by Gasteiger charge is 2.26. The minimum atomic E-state index is -4.13. The highest BCUT2D eigenvalue weighted by molar-refractivity contribution is 7.88. The number of carboxylic acids is 1. The van der Waals surface area contributed by atoms with Gasteiger partial charge in [0.15, 0.2) is 0 Å². The molecule has 0 aliphatic carbocycles. The molecule has 7 nitrogen and oxygen atoms in total. The van der Waals surface area contributed by atoms with Crippen LogP contribution < -0.4 is 9.46 Å². The summed E-state index contributed by atoms with van der Waals surface area (Å²) in [5, 5.41) is 10.6. The predicted octanol–water partition coefficient (Wildman–Crippen LogP) is 8.19. The smallest absolute Gasteiger partial charge is 0.335 e. The van der Waals surface area contributed by atoms with Crippen LogP contribution in [0.5, 0.6) is 5.75 Å². The van der Waals surface area contributed by atoms with Crippen molar-refractivity contribution in [1.29, 1.82) is 0 Å². The quantitative estimate of drug-likeness (QED) is 0.119. The van der Waals surface area contributed by atoms with E-state index in [1.54, 1.807) is 12.1 Å². The molecule has 1 heterocycles. The number of ether oxygens (including phenoxy) is 1. The summed E-state index contributed by atoms with van der Waals surface area (Å²) in [6.45, 7) is 0.175. The fourth-order valence-corrected chi connectivity index (χ4v) is 7.56. The molecule has 0 aliphatic heterocycles. The largest absolute Gasteiger partial charge is 0.493 e. The van der Waals surface area contributed by atoms with Crippen molar-refractivity contribution in [2.45, 2.75) is 24.6 Å². The van der Waals surface area contributed by atoms with Crippen molar-refractivity contribution >= 4 is 38.5 Å². The van der Waals surface area contributed by atoms with Crippen LogP contribution in [0.1, 0.15) is 44.3 Å². The first-order valence-corrected chi connectivity index (χ1v) is 17.9. The van der Waals surface area contributed by atoms with Crippen molar-refractivity contribution < 1.29 is 31.8 Å². The molecule has 6 aromatic rings. The molecule has 0 unspecified atom stereocenters. The number of hydrogen-bond donors (Lipinski definition) is 2. The summed E-state index contributed by atoms with van der Waals surface area (Å²) in [6.07, 6.45) is 0.632. The van der Waals surface area contributed by atoms with Crippen molar-refractivity contribution in [3.8, 4) is 5.75 Å². The Hall–Kier alpha value is -5.03. The second-order valence-corrected chi connectivity index (χ2v) is 14.0. The van der Waals surface area contributed by atoms with Crippen LogP contribution >= 0.6 is 11.6 Å². The van der Waals surface area contributed by atoms with E-state index >= 15 is 0 Å². The Bertz CT molecular complexity index is 2170. The number of nitrogens with one attached hydrogen (secondary N) is 1. The average Bonchev–Trinajstić information content (AvgIpc) is 3.39.